The summed E-state index contributed by atoms with van der Waals surface area (Å²) in [6.07, 6.45) is 3.69. The summed E-state index contributed by atoms with van der Waals surface area (Å²) in [4.78, 5) is 16.1. The number of carboxylic acids is 1. The zero-order chi connectivity index (χ0) is 14.3. The molecule has 5 heteroatoms. The number of halogens is 1. The summed E-state index contributed by atoms with van der Waals surface area (Å²) >= 11 is 6.03. The Balaban J connectivity index is 2.08. The first-order chi connectivity index (χ1) is 9.58. The Bertz CT molecular complexity index is 665. The molecule has 1 aromatic heterocycles. The molecule has 0 bridgehead atoms. The quantitative estimate of drug-likeness (QED) is 0.920. The van der Waals surface area contributed by atoms with E-state index in [9.17, 15) is 9.90 Å². The second-order valence-electron chi connectivity index (χ2n) is 5.50. The minimum Gasteiger partial charge on any atom is -0.481 e. The summed E-state index contributed by atoms with van der Waals surface area (Å²) in [5.41, 5.74) is 1.84. The average molecular weight is 293 g/mol. The van der Waals surface area contributed by atoms with E-state index in [1.165, 1.54) is 0 Å². The molecule has 0 aliphatic heterocycles. The van der Waals surface area contributed by atoms with Crippen molar-refractivity contribution in [3.05, 3.63) is 29.0 Å². The fourth-order valence-corrected chi connectivity index (χ4v) is 3.42. The van der Waals surface area contributed by atoms with Crippen molar-refractivity contribution in [1.82, 2.24) is 9.55 Å². The fraction of sp³-hybridized carbons (Fsp3) is 0.467. The molecule has 0 spiro atoms. The van der Waals surface area contributed by atoms with Gasteiger partial charge >= 0.3 is 5.97 Å². The number of imidazole rings is 1. The summed E-state index contributed by atoms with van der Waals surface area (Å²) < 4.78 is 1.99. The van der Waals surface area contributed by atoms with E-state index in [1.54, 1.807) is 0 Å². The number of rotatable bonds is 2. The second-order valence-corrected chi connectivity index (χ2v) is 5.93. The van der Waals surface area contributed by atoms with E-state index in [1.807, 2.05) is 29.8 Å². The van der Waals surface area contributed by atoms with Gasteiger partial charge in [0.2, 0.25) is 0 Å². The number of aromatic nitrogens is 2. The van der Waals surface area contributed by atoms with Crippen LogP contribution in [0.5, 0.6) is 0 Å². The molecule has 0 radical (unpaired) electrons. The van der Waals surface area contributed by atoms with Crippen molar-refractivity contribution in [2.24, 2.45) is 13.0 Å². The van der Waals surface area contributed by atoms with Crippen LogP contribution in [0.3, 0.4) is 0 Å². The number of fused-ring (bicyclic) bond motifs is 1. The minimum atomic E-state index is -0.709. The smallest absolute Gasteiger partial charge is 0.307 e. The lowest BCUT2D eigenvalue weighted by atomic mass is 9.79. The molecule has 1 aliphatic rings. The monoisotopic (exact) mass is 292 g/mol. The number of benzene rings is 1. The zero-order valence-electron chi connectivity index (χ0n) is 11.3. The molecular formula is C15H17ClN2O2. The van der Waals surface area contributed by atoms with Gasteiger partial charge in [-0.3, -0.25) is 4.79 Å². The van der Waals surface area contributed by atoms with Gasteiger partial charge in [0, 0.05) is 18.0 Å². The summed E-state index contributed by atoms with van der Waals surface area (Å²) in [7, 11) is 1.94. The van der Waals surface area contributed by atoms with Crippen molar-refractivity contribution in [2.75, 3.05) is 0 Å². The lowest BCUT2D eigenvalue weighted by Crippen LogP contribution is -2.27. The molecule has 1 aromatic carbocycles. The maximum absolute atomic E-state index is 11.5. The van der Waals surface area contributed by atoms with E-state index in [2.05, 4.69) is 4.98 Å². The number of aliphatic carboxylic acids is 1. The molecule has 0 amide bonds. The predicted molar refractivity (Wildman–Crippen MR) is 78.1 cm³/mol. The largest absolute Gasteiger partial charge is 0.481 e. The van der Waals surface area contributed by atoms with Gasteiger partial charge in [0.1, 0.15) is 5.82 Å². The number of hydrogen-bond acceptors (Lipinski definition) is 2. The third kappa shape index (κ3) is 2.18. The van der Waals surface area contributed by atoms with Gasteiger partial charge in [-0.05, 0) is 31.0 Å². The van der Waals surface area contributed by atoms with Gasteiger partial charge in [0.25, 0.3) is 0 Å². The highest BCUT2D eigenvalue weighted by Crippen LogP contribution is 2.38. The highest BCUT2D eigenvalue weighted by atomic mass is 35.5. The first-order valence-corrected chi connectivity index (χ1v) is 7.30. The van der Waals surface area contributed by atoms with Gasteiger partial charge in [-0.2, -0.15) is 0 Å². The van der Waals surface area contributed by atoms with Crippen molar-refractivity contribution in [1.29, 1.82) is 0 Å². The van der Waals surface area contributed by atoms with Crippen molar-refractivity contribution >= 4 is 28.6 Å². The molecule has 0 saturated heterocycles. The van der Waals surface area contributed by atoms with E-state index in [0.717, 1.165) is 42.5 Å². The van der Waals surface area contributed by atoms with Crippen LogP contribution in [0.15, 0.2) is 18.2 Å². The Morgan fingerprint density at radius 2 is 2.15 bits per heavy atom. The molecule has 2 aromatic rings. The fourth-order valence-electron chi connectivity index (χ4n) is 3.25. The van der Waals surface area contributed by atoms with Crippen molar-refractivity contribution in [3.63, 3.8) is 0 Å². The Kier molecular flexibility index (Phi) is 3.42. The van der Waals surface area contributed by atoms with Crippen LogP contribution in [0.1, 0.15) is 37.4 Å². The third-order valence-electron chi connectivity index (χ3n) is 4.29. The number of carbonyl (C=O) groups is 1. The van der Waals surface area contributed by atoms with Crippen molar-refractivity contribution in [2.45, 2.75) is 31.6 Å². The Morgan fingerprint density at radius 1 is 1.40 bits per heavy atom. The molecule has 1 fully saturated rings. The Morgan fingerprint density at radius 3 is 2.90 bits per heavy atom. The molecule has 2 atom stereocenters. The van der Waals surface area contributed by atoms with Crippen LogP contribution >= 0.6 is 11.6 Å². The van der Waals surface area contributed by atoms with Crippen LogP contribution in [0.4, 0.5) is 0 Å². The number of aryl methyl sites for hydroxylation is 1. The summed E-state index contributed by atoms with van der Waals surface area (Å²) in [5, 5.41) is 10.1. The maximum Gasteiger partial charge on any atom is 0.307 e. The van der Waals surface area contributed by atoms with Gasteiger partial charge in [-0.1, -0.05) is 24.4 Å². The number of carboxylic acid groups (broad SMARTS) is 1. The lowest BCUT2D eigenvalue weighted by molar-refractivity contribution is -0.143. The van der Waals surface area contributed by atoms with Crippen LogP contribution in [-0.2, 0) is 11.8 Å². The van der Waals surface area contributed by atoms with Gasteiger partial charge in [-0.15, -0.1) is 0 Å². The molecule has 3 rings (SSSR count). The lowest BCUT2D eigenvalue weighted by Gasteiger charge is -2.27. The van der Waals surface area contributed by atoms with Crippen molar-refractivity contribution in [3.8, 4) is 0 Å². The van der Waals surface area contributed by atoms with Crippen molar-refractivity contribution < 1.29 is 9.90 Å². The van der Waals surface area contributed by atoms with E-state index in [-0.39, 0.29) is 11.8 Å². The van der Waals surface area contributed by atoms with Crippen LogP contribution in [0.25, 0.3) is 11.0 Å². The number of hydrogen-bond donors (Lipinski definition) is 1. The van der Waals surface area contributed by atoms with E-state index < -0.39 is 5.97 Å². The molecule has 106 valence electrons. The van der Waals surface area contributed by atoms with Gasteiger partial charge in [0.15, 0.2) is 0 Å². The average Bonchev–Trinajstić information content (AvgIpc) is 2.76. The van der Waals surface area contributed by atoms with Gasteiger partial charge in [0.05, 0.1) is 17.0 Å². The van der Waals surface area contributed by atoms with Crippen LogP contribution in [0.2, 0.25) is 5.02 Å². The standard InChI is InChI=1S/C15H17ClN2O2/c1-18-13-8-9(16)6-7-12(13)17-14(18)10-4-2-3-5-11(10)15(19)20/h6-8,10-11H,2-5H2,1H3,(H,19,20). The minimum absolute atomic E-state index is 0.00238. The van der Waals surface area contributed by atoms with E-state index >= 15 is 0 Å². The third-order valence-corrected chi connectivity index (χ3v) is 4.53. The first kappa shape index (κ1) is 13.4. The van der Waals surface area contributed by atoms with Gasteiger partial charge < -0.3 is 9.67 Å². The molecule has 20 heavy (non-hydrogen) atoms. The molecular weight excluding hydrogens is 276 g/mol. The molecule has 1 N–H and O–H groups in total. The van der Waals surface area contributed by atoms with E-state index in [0.29, 0.717) is 5.02 Å². The molecule has 4 nitrogen and oxygen atoms in total. The summed E-state index contributed by atoms with van der Waals surface area (Å²) in [6.45, 7) is 0. The second kappa shape index (κ2) is 5.09. The topological polar surface area (TPSA) is 55.1 Å². The van der Waals surface area contributed by atoms with Crippen LogP contribution in [-0.4, -0.2) is 20.6 Å². The van der Waals surface area contributed by atoms with Crippen LogP contribution < -0.4 is 0 Å². The Labute approximate surface area is 122 Å². The van der Waals surface area contributed by atoms with Crippen LogP contribution in [0, 0.1) is 5.92 Å². The summed E-state index contributed by atoms with van der Waals surface area (Å²) in [5.74, 6) is -0.165. The first-order valence-electron chi connectivity index (χ1n) is 6.92. The molecule has 1 heterocycles. The summed E-state index contributed by atoms with van der Waals surface area (Å²) in [6, 6.07) is 5.59. The maximum atomic E-state index is 11.5. The predicted octanol–water partition coefficient (Wildman–Crippen LogP) is 3.59. The normalized spacial score (nSPS) is 23.1. The Hall–Kier alpha value is -1.55. The highest BCUT2D eigenvalue weighted by molar-refractivity contribution is 6.31. The SMILES string of the molecule is Cn1c(C2CCCCC2C(=O)O)nc2ccc(Cl)cc21. The van der Waals surface area contributed by atoms with Gasteiger partial charge in [-0.25, -0.2) is 4.98 Å². The molecule has 2 unspecified atom stereocenters. The number of nitrogens with zero attached hydrogens (tertiary/aromatic N) is 2. The molecule has 1 aliphatic carbocycles. The highest BCUT2D eigenvalue weighted by Gasteiger charge is 2.34. The zero-order valence-corrected chi connectivity index (χ0v) is 12.1. The molecule has 1 saturated carbocycles. The van der Waals surface area contributed by atoms with E-state index in [4.69, 9.17) is 11.6 Å².